The first-order valence-electron chi connectivity index (χ1n) is 8.50. The Morgan fingerprint density at radius 2 is 2.08 bits per heavy atom. The van der Waals surface area contributed by atoms with Crippen molar-refractivity contribution in [1.82, 2.24) is 25.5 Å². The summed E-state index contributed by atoms with van der Waals surface area (Å²) in [7, 11) is 0. The zero-order valence-corrected chi connectivity index (χ0v) is 14.5. The van der Waals surface area contributed by atoms with Gasteiger partial charge in [0.25, 0.3) is 0 Å². The van der Waals surface area contributed by atoms with Crippen LogP contribution in [0.5, 0.6) is 0 Å². The molecule has 7 heteroatoms. The summed E-state index contributed by atoms with van der Waals surface area (Å²) in [6, 6.07) is 10.7. The van der Waals surface area contributed by atoms with Crippen molar-refractivity contribution in [3.8, 4) is 0 Å². The van der Waals surface area contributed by atoms with E-state index >= 15 is 0 Å². The molecule has 0 radical (unpaired) electrons. The molecule has 1 aromatic heterocycles. The van der Waals surface area contributed by atoms with Crippen LogP contribution in [-0.2, 0) is 10.3 Å². The van der Waals surface area contributed by atoms with Crippen LogP contribution in [0.25, 0.3) is 0 Å². The molecule has 1 heterocycles. The predicted octanol–water partition coefficient (Wildman–Crippen LogP) is 2.68. The zero-order chi connectivity index (χ0) is 16.6. The van der Waals surface area contributed by atoms with Crippen LogP contribution >= 0.6 is 11.8 Å². The van der Waals surface area contributed by atoms with Gasteiger partial charge in [-0.15, -0.1) is 5.10 Å². The highest BCUT2D eigenvalue weighted by molar-refractivity contribution is 8.00. The molecule has 2 aliphatic rings. The van der Waals surface area contributed by atoms with E-state index in [0.717, 1.165) is 37.3 Å². The Hall–Kier alpha value is -1.89. The summed E-state index contributed by atoms with van der Waals surface area (Å²) in [6.07, 6.45) is 5.39. The number of rotatable bonds is 6. The minimum atomic E-state index is -0.227. The molecule has 24 heavy (non-hydrogen) atoms. The molecule has 0 aliphatic heterocycles. The number of hydrogen-bond acceptors (Lipinski definition) is 5. The van der Waals surface area contributed by atoms with Crippen LogP contribution < -0.4 is 5.32 Å². The Kier molecular flexibility index (Phi) is 4.04. The van der Waals surface area contributed by atoms with Crippen LogP contribution in [0.1, 0.15) is 50.6 Å². The smallest absolute Gasteiger partial charge is 0.234 e. The third-order valence-electron chi connectivity index (χ3n) is 4.90. The maximum Gasteiger partial charge on any atom is 0.234 e. The van der Waals surface area contributed by atoms with Gasteiger partial charge >= 0.3 is 0 Å². The van der Waals surface area contributed by atoms with E-state index in [1.54, 1.807) is 0 Å². The monoisotopic (exact) mass is 343 g/mol. The Balaban J connectivity index is 1.44. The lowest BCUT2D eigenvalue weighted by molar-refractivity contribution is -0.123. The lowest BCUT2D eigenvalue weighted by Gasteiger charge is -2.43. The molecule has 2 saturated carbocycles. The quantitative estimate of drug-likeness (QED) is 0.817. The Bertz CT molecular complexity index is 724. The van der Waals surface area contributed by atoms with E-state index in [4.69, 9.17) is 0 Å². The largest absolute Gasteiger partial charge is 0.346 e. The van der Waals surface area contributed by atoms with Gasteiger partial charge in [-0.2, -0.15) is 0 Å². The molecule has 1 aromatic carbocycles. The molecule has 6 nitrogen and oxygen atoms in total. The number of carbonyl (C=O) groups excluding carboxylic acids is 1. The third kappa shape index (κ3) is 2.92. The number of nitrogens with zero attached hydrogens (tertiary/aromatic N) is 4. The number of benzene rings is 1. The summed E-state index contributed by atoms with van der Waals surface area (Å²) in [4.78, 5) is 12.7. The van der Waals surface area contributed by atoms with Crippen LogP contribution in [-0.4, -0.2) is 31.4 Å². The van der Waals surface area contributed by atoms with Crippen LogP contribution in [0.3, 0.4) is 0 Å². The van der Waals surface area contributed by atoms with Crippen molar-refractivity contribution in [2.45, 2.75) is 61.0 Å². The van der Waals surface area contributed by atoms with Gasteiger partial charge in [0.2, 0.25) is 11.1 Å². The molecule has 1 atom stereocenters. The van der Waals surface area contributed by atoms with Crippen molar-refractivity contribution in [1.29, 1.82) is 0 Å². The lowest BCUT2D eigenvalue weighted by Crippen LogP contribution is -2.52. The summed E-state index contributed by atoms with van der Waals surface area (Å²) in [5.41, 5.74) is 1.000. The number of aromatic nitrogens is 4. The summed E-state index contributed by atoms with van der Waals surface area (Å²) < 4.78 is 1.85. The lowest BCUT2D eigenvalue weighted by atomic mass is 9.71. The van der Waals surface area contributed by atoms with Crippen molar-refractivity contribution in [2.24, 2.45) is 0 Å². The second kappa shape index (κ2) is 6.20. The summed E-state index contributed by atoms with van der Waals surface area (Å²) in [5, 5.41) is 15.7. The minimum absolute atomic E-state index is 0.0499. The van der Waals surface area contributed by atoms with Crippen LogP contribution in [0.4, 0.5) is 0 Å². The normalized spacial score (nSPS) is 20.2. The molecule has 1 amide bonds. The molecule has 2 fully saturated rings. The fraction of sp³-hybridized carbons (Fsp3) is 0.529. The summed E-state index contributed by atoms with van der Waals surface area (Å²) >= 11 is 1.44. The van der Waals surface area contributed by atoms with Crippen molar-refractivity contribution in [3.63, 3.8) is 0 Å². The SMILES string of the molecule is CC(Sc1nnnn1C1CC1)C(=O)NC1(c2ccccc2)CCC1. The van der Waals surface area contributed by atoms with E-state index in [2.05, 4.69) is 33.0 Å². The van der Waals surface area contributed by atoms with E-state index in [-0.39, 0.29) is 16.7 Å². The van der Waals surface area contributed by atoms with Gasteiger partial charge in [0.1, 0.15) is 0 Å². The topological polar surface area (TPSA) is 72.7 Å². The van der Waals surface area contributed by atoms with Crippen LogP contribution in [0.2, 0.25) is 0 Å². The Morgan fingerprint density at radius 1 is 1.33 bits per heavy atom. The minimum Gasteiger partial charge on any atom is -0.346 e. The van der Waals surface area contributed by atoms with E-state index < -0.39 is 0 Å². The van der Waals surface area contributed by atoms with Gasteiger partial charge in [0.05, 0.1) is 16.8 Å². The molecule has 2 aliphatic carbocycles. The second-order valence-corrected chi connectivity index (χ2v) is 8.00. The van der Waals surface area contributed by atoms with E-state index in [1.807, 2.05) is 29.8 Å². The molecule has 126 valence electrons. The van der Waals surface area contributed by atoms with Crippen LogP contribution in [0.15, 0.2) is 35.5 Å². The van der Waals surface area contributed by atoms with Crippen molar-refractivity contribution in [2.75, 3.05) is 0 Å². The van der Waals surface area contributed by atoms with Crippen LogP contribution in [0, 0.1) is 0 Å². The fourth-order valence-electron chi connectivity index (χ4n) is 3.13. The first kappa shape index (κ1) is 15.6. The third-order valence-corrected chi connectivity index (χ3v) is 5.95. The first-order valence-corrected chi connectivity index (χ1v) is 9.38. The average molecular weight is 343 g/mol. The number of thioether (sulfide) groups is 1. The molecule has 0 bridgehead atoms. The van der Waals surface area contributed by atoms with E-state index in [0.29, 0.717) is 6.04 Å². The molecule has 1 unspecified atom stereocenters. The highest BCUT2D eigenvalue weighted by Crippen LogP contribution is 2.42. The molecule has 0 saturated heterocycles. The number of amides is 1. The maximum atomic E-state index is 12.7. The predicted molar refractivity (Wildman–Crippen MR) is 91.5 cm³/mol. The van der Waals surface area contributed by atoms with E-state index in [9.17, 15) is 4.79 Å². The van der Waals surface area contributed by atoms with Gasteiger partial charge in [-0.3, -0.25) is 4.79 Å². The number of carbonyl (C=O) groups is 1. The van der Waals surface area contributed by atoms with Gasteiger partial charge in [0, 0.05) is 0 Å². The van der Waals surface area contributed by atoms with Gasteiger partial charge in [-0.05, 0) is 55.0 Å². The standard InChI is InChI=1S/C17H21N5OS/c1-12(24-16-19-20-21-22(16)14-8-9-14)15(23)18-17(10-5-11-17)13-6-3-2-4-7-13/h2-4,6-7,12,14H,5,8-11H2,1H3,(H,18,23). The fourth-order valence-corrected chi connectivity index (χ4v) is 3.99. The van der Waals surface area contributed by atoms with Crippen molar-refractivity contribution < 1.29 is 4.79 Å². The van der Waals surface area contributed by atoms with Gasteiger partial charge < -0.3 is 5.32 Å². The first-order chi connectivity index (χ1) is 11.7. The number of tetrazole rings is 1. The van der Waals surface area contributed by atoms with Crippen molar-refractivity contribution >= 4 is 17.7 Å². The Labute approximate surface area is 145 Å². The number of nitrogens with one attached hydrogen (secondary N) is 1. The summed E-state index contributed by atoms with van der Waals surface area (Å²) in [5.74, 6) is 0.0499. The van der Waals surface area contributed by atoms with E-state index in [1.165, 1.54) is 17.3 Å². The maximum absolute atomic E-state index is 12.7. The summed E-state index contributed by atoms with van der Waals surface area (Å²) in [6.45, 7) is 1.92. The zero-order valence-electron chi connectivity index (χ0n) is 13.7. The second-order valence-electron chi connectivity index (χ2n) is 6.69. The van der Waals surface area contributed by atoms with Gasteiger partial charge in [-0.1, -0.05) is 42.1 Å². The molecule has 4 rings (SSSR count). The number of hydrogen-bond donors (Lipinski definition) is 1. The van der Waals surface area contributed by atoms with Gasteiger partial charge in [-0.25, -0.2) is 4.68 Å². The molecular weight excluding hydrogens is 322 g/mol. The molecule has 2 aromatic rings. The Morgan fingerprint density at radius 3 is 2.71 bits per heavy atom. The van der Waals surface area contributed by atoms with Crippen molar-refractivity contribution in [3.05, 3.63) is 35.9 Å². The molecule has 1 N–H and O–H groups in total. The average Bonchev–Trinajstić information content (AvgIpc) is 3.31. The molecular formula is C17H21N5OS. The molecule has 0 spiro atoms. The highest BCUT2D eigenvalue weighted by Gasteiger charge is 2.41. The highest BCUT2D eigenvalue weighted by atomic mass is 32.2. The van der Waals surface area contributed by atoms with Gasteiger partial charge in [0.15, 0.2) is 0 Å².